The van der Waals surface area contributed by atoms with E-state index in [4.69, 9.17) is 4.74 Å². The molecule has 1 aromatic heterocycles. The quantitative estimate of drug-likeness (QED) is 0.322. The highest BCUT2D eigenvalue weighted by Gasteiger charge is 2.47. The number of hydrogen-bond donors (Lipinski definition) is 4. The van der Waals surface area contributed by atoms with E-state index < -0.39 is 54.1 Å². The number of aliphatic carboxylic acids is 1. The number of carboxylic acids is 1. The number of piperidine rings is 1. The molecule has 270 valence electrons. The summed E-state index contributed by atoms with van der Waals surface area (Å²) in [7, 11) is 0. The summed E-state index contributed by atoms with van der Waals surface area (Å²) >= 11 is 0. The molecule has 1 amide bonds. The van der Waals surface area contributed by atoms with Gasteiger partial charge < -0.3 is 30.1 Å². The van der Waals surface area contributed by atoms with E-state index in [1.54, 1.807) is 13.8 Å². The monoisotopic (exact) mass is 693 g/mol. The van der Waals surface area contributed by atoms with E-state index in [9.17, 15) is 43.2 Å². The maximum atomic E-state index is 13.4. The van der Waals surface area contributed by atoms with Crippen molar-refractivity contribution < 1.29 is 47.9 Å². The summed E-state index contributed by atoms with van der Waals surface area (Å²) in [6.07, 6.45) is -7.87. The second-order valence-electron chi connectivity index (χ2n) is 13.9. The number of aryl methyl sites for hydroxylation is 2. The van der Waals surface area contributed by atoms with Crippen LogP contribution in [0.15, 0.2) is 30.6 Å². The predicted octanol–water partition coefficient (Wildman–Crippen LogP) is 2.43. The molecular formula is C34H46F3N5O7. The minimum Gasteiger partial charge on any atom is -0.481 e. The Morgan fingerprint density at radius 1 is 0.980 bits per heavy atom. The fourth-order valence-corrected chi connectivity index (χ4v) is 7.59. The lowest BCUT2D eigenvalue weighted by Gasteiger charge is -2.53. The third-order valence-corrected chi connectivity index (χ3v) is 10.8. The molecule has 3 aliphatic rings. The number of hydrogen-bond acceptors (Lipinski definition) is 10. The molecule has 0 bridgehead atoms. The zero-order valence-corrected chi connectivity index (χ0v) is 28.2. The molecule has 0 radical (unpaired) electrons. The fourth-order valence-electron chi connectivity index (χ4n) is 7.59. The van der Waals surface area contributed by atoms with Gasteiger partial charge in [0.15, 0.2) is 0 Å². The number of carbonyl (C=O) groups excluding carboxylic acids is 1. The maximum absolute atomic E-state index is 13.4. The van der Waals surface area contributed by atoms with E-state index in [2.05, 4.69) is 26.7 Å². The first-order valence-corrected chi connectivity index (χ1v) is 16.7. The minimum atomic E-state index is -4.51. The number of ether oxygens (including phenoxy) is 1. The molecule has 4 N–H and O–H groups in total. The van der Waals surface area contributed by atoms with Crippen molar-refractivity contribution in [1.82, 2.24) is 24.7 Å². The van der Waals surface area contributed by atoms with Gasteiger partial charge in [-0.2, -0.15) is 13.2 Å². The number of carboxylic acid groups (broad SMARTS) is 1. The number of likely N-dealkylation sites (tertiary alicyclic amines) is 1. The first-order valence-electron chi connectivity index (χ1n) is 16.7. The maximum Gasteiger partial charge on any atom is 0.416 e. The van der Waals surface area contributed by atoms with Crippen molar-refractivity contribution in [2.45, 2.75) is 95.2 Å². The van der Waals surface area contributed by atoms with Crippen LogP contribution in [0.2, 0.25) is 0 Å². The molecule has 12 nitrogen and oxygen atoms in total. The van der Waals surface area contributed by atoms with Crippen molar-refractivity contribution >= 4 is 11.9 Å². The second kappa shape index (κ2) is 14.6. The summed E-state index contributed by atoms with van der Waals surface area (Å²) in [5.41, 5.74) is 1.41. The van der Waals surface area contributed by atoms with Gasteiger partial charge in [0.2, 0.25) is 0 Å². The van der Waals surface area contributed by atoms with Crippen molar-refractivity contribution in [1.29, 1.82) is 0 Å². The van der Waals surface area contributed by atoms with Crippen LogP contribution in [-0.4, -0.2) is 132 Å². The van der Waals surface area contributed by atoms with Crippen LogP contribution in [0.4, 0.5) is 13.2 Å². The van der Waals surface area contributed by atoms with Crippen molar-refractivity contribution in [2.75, 3.05) is 39.3 Å². The van der Waals surface area contributed by atoms with Crippen molar-refractivity contribution in [3.8, 4) is 0 Å². The standard InChI is InChI=1S/C34H46F3N5O7/c1-19-16-41(33(4)9-11-40(12-10-33)31(46)27-20(2)38-18-39-21(27)3)13-14-42(19)25(22-5-7-23(8-6-22)34(35,36)37)17-49-26-15-24(32(47)48)28(43)30(45)29(26)44/h5-8,18-19,24-26,28-30,43-45H,9-17H2,1-4H3,(H,47,48)/t19-,24?,25-,26?,28?,29?,30?/m0/s1. The topological polar surface area (TPSA) is 160 Å². The first-order chi connectivity index (χ1) is 23.0. The molecule has 5 unspecified atom stereocenters. The molecule has 0 spiro atoms. The van der Waals surface area contributed by atoms with Gasteiger partial charge in [-0.3, -0.25) is 19.4 Å². The Morgan fingerprint density at radius 3 is 2.14 bits per heavy atom. The molecule has 3 fully saturated rings. The summed E-state index contributed by atoms with van der Waals surface area (Å²) in [6.45, 7) is 10.7. The number of benzene rings is 1. The smallest absolute Gasteiger partial charge is 0.416 e. The van der Waals surface area contributed by atoms with Crippen molar-refractivity contribution in [3.05, 3.63) is 58.7 Å². The molecule has 2 saturated heterocycles. The molecule has 5 rings (SSSR count). The average molecular weight is 694 g/mol. The number of carbonyl (C=O) groups is 2. The van der Waals surface area contributed by atoms with E-state index in [1.807, 2.05) is 11.8 Å². The number of aromatic nitrogens is 2. The molecule has 3 heterocycles. The van der Waals surface area contributed by atoms with Crippen molar-refractivity contribution in [2.24, 2.45) is 5.92 Å². The Balaban J connectivity index is 1.29. The molecule has 7 atom stereocenters. The highest BCUT2D eigenvalue weighted by Crippen LogP contribution is 2.37. The lowest BCUT2D eigenvalue weighted by atomic mass is 9.80. The molecule has 49 heavy (non-hydrogen) atoms. The normalized spacial score (nSPS) is 29.1. The minimum absolute atomic E-state index is 0.0741. The second-order valence-corrected chi connectivity index (χ2v) is 13.9. The highest BCUT2D eigenvalue weighted by molar-refractivity contribution is 5.96. The van der Waals surface area contributed by atoms with Crippen LogP contribution in [0.5, 0.6) is 0 Å². The number of aliphatic hydroxyl groups excluding tert-OH is 3. The Bertz CT molecular complexity index is 1470. The molecule has 1 saturated carbocycles. The van der Waals surface area contributed by atoms with Gasteiger partial charge in [-0.25, -0.2) is 9.97 Å². The van der Waals surface area contributed by atoms with E-state index in [1.165, 1.54) is 18.5 Å². The number of amides is 1. The Kier molecular flexibility index (Phi) is 11.0. The molecule has 15 heteroatoms. The number of piperazine rings is 1. The van der Waals surface area contributed by atoms with Gasteiger partial charge in [-0.1, -0.05) is 12.1 Å². The summed E-state index contributed by atoms with van der Waals surface area (Å²) < 4.78 is 46.3. The van der Waals surface area contributed by atoms with E-state index in [0.717, 1.165) is 25.0 Å². The van der Waals surface area contributed by atoms with Crippen LogP contribution < -0.4 is 0 Å². The van der Waals surface area contributed by atoms with Crippen LogP contribution in [0.25, 0.3) is 0 Å². The van der Waals surface area contributed by atoms with E-state index in [-0.39, 0.29) is 30.5 Å². The largest absolute Gasteiger partial charge is 0.481 e. The molecule has 1 aliphatic carbocycles. The number of halogens is 3. The third-order valence-electron chi connectivity index (χ3n) is 10.8. The number of rotatable bonds is 8. The SMILES string of the molecule is Cc1ncnc(C)c1C(=O)N1CCC(C)(N2CCN([C@@H](COC3CC(C(=O)O)C(O)C(O)C3O)c3ccc(C(F)(F)F)cc3)[C@@H](C)C2)CC1. The summed E-state index contributed by atoms with van der Waals surface area (Å²) in [4.78, 5) is 39.9. The van der Waals surface area contributed by atoms with Crippen LogP contribution in [-0.2, 0) is 15.7 Å². The summed E-state index contributed by atoms with van der Waals surface area (Å²) in [5.74, 6) is -2.76. The van der Waals surface area contributed by atoms with Crippen LogP contribution in [0, 0.1) is 19.8 Å². The van der Waals surface area contributed by atoms with Gasteiger partial charge in [0.25, 0.3) is 5.91 Å². The molecule has 2 aliphatic heterocycles. The van der Waals surface area contributed by atoms with Gasteiger partial charge in [0, 0.05) is 44.3 Å². The van der Waals surface area contributed by atoms with Crippen molar-refractivity contribution in [3.63, 3.8) is 0 Å². The van der Waals surface area contributed by atoms with Gasteiger partial charge in [-0.15, -0.1) is 0 Å². The fraction of sp³-hybridized carbons (Fsp3) is 0.647. The van der Waals surface area contributed by atoms with Crippen LogP contribution >= 0.6 is 0 Å². The van der Waals surface area contributed by atoms with Crippen LogP contribution in [0.3, 0.4) is 0 Å². The van der Waals surface area contributed by atoms with E-state index in [0.29, 0.717) is 55.2 Å². The molecule has 2 aromatic rings. The first kappa shape index (κ1) is 37.1. The Hall–Kier alpha value is -3.21. The van der Waals surface area contributed by atoms with Gasteiger partial charge in [0.1, 0.15) is 18.5 Å². The molecule has 1 aromatic carbocycles. The number of nitrogens with zero attached hydrogens (tertiary/aromatic N) is 5. The predicted molar refractivity (Wildman–Crippen MR) is 170 cm³/mol. The summed E-state index contributed by atoms with van der Waals surface area (Å²) in [5, 5.41) is 40.7. The third kappa shape index (κ3) is 7.76. The lowest BCUT2D eigenvalue weighted by molar-refractivity contribution is -0.190. The zero-order chi connectivity index (χ0) is 35.8. The zero-order valence-electron chi connectivity index (χ0n) is 28.2. The average Bonchev–Trinajstić information content (AvgIpc) is 3.05. The van der Waals surface area contributed by atoms with Gasteiger partial charge in [0.05, 0.1) is 53.3 Å². The Labute approximate surface area is 283 Å². The number of alkyl halides is 3. The van der Waals surface area contributed by atoms with Gasteiger partial charge in [-0.05, 0) is 64.7 Å². The molecular weight excluding hydrogens is 647 g/mol. The Morgan fingerprint density at radius 2 is 1.59 bits per heavy atom. The van der Waals surface area contributed by atoms with Crippen LogP contribution in [0.1, 0.15) is 72.0 Å². The summed E-state index contributed by atoms with van der Waals surface area (Å²) in [6, 6.07) is 4.21. The van der Waals surface area contributed by atoms with Gasteiger partial charge >= 0.3 is 12.1 Å². The number of aliphatic hydroxyl groups is 3. The van der Waals surface area contributed by atoms with E-state index >= 15 is 0 Å². The highest BCUT2D eigenvalue weighted by atomic mass is 19.4. The lowest BCUT2D eigenvalue weighted by Crippen LogP contribution is -2.62.